The molecule has 0 saturated carbocycles. The monoisotopic (exact) mass is 1030 g/mol. The van der Waals surface area contributed by atoms with E-state index in [0.717, 1.165) is 11.1 Å². The van der Waals surface area contributed by atoms with Crippen LogP contribution in [0.4, 0.5) is 5.95 Å². The van der Waals surface area contributed by atoms with Gasteiger partial charge in [-0.15, -0.1) is 0 Å². The highest BCUT2D eigenvalue weighted by Crippen LogP contribution is 2.33. The van der Waals surface area contributed by atoms with Crippen LogP contribution in [0.1, 0.15) is 30.4 Å². The summed E-state index contributed by atoms with van der Waals surface area (Å²) in [6, 6.07) is 7.67. The van der Waals surface area contributed by atoms with Crippen LogP contribution in [0.3, 0.4) is 0 Å². The number of aromatic amines is 1. The Morgan fingerprint density at radius 3 is 1.37 bits per heavy atom. The van der Waals surface area contributed by atoms with E-state index >= 15 is 0 Å². The van der Waals surface area contributed by atoms with Gasteiger partial charge in [-0.3, -0.25) is 18.9 Å². The van der Waals surface area contributed by atoms with Gasteiger partial charge in [-0.25, -0.2) is 4.98 Å². The van der Waals surface area contributed by atoms with Gasteiger partial charge in [0.15, 0.2) is 5.65 Å². The number of carbonyl (C=O) groups is 3. The van der Waals surface area contributed by atoms with E-state index in [-0.39, 0.29) is 75.5 Å². The molecule has 0 spiro atoms. The summed E-state index contributed by atoms with van der Waals surface area (Å²) in [5.41, 5.74) is 8.61. The summed E-state index contributed by atoms with van der Waals surface area (Å²) in [4.78, 5) is 68.9. The maximum absolute atomic E-state index is 12.2. The number of nitrogens with two attached hydrogens (primary N) is 1. The predicted molar refractivity (Wildman–Crippen MR) is 255 cm³/mol. The first-order valence-corrected chi connectivity index (χ1v) is 25.3. The number of amides is 3. The fraction of sp³-hybridized carbons (Fsp3) is 0.682. The fourth-order valence-electron chi connectivity index (χ4n) is 5.58. The van der Waals surface area contributed by atoms with Crippen molar-refractivity contribution in [3.63, 3.8) is 0 Å². The van der Waals surface area contributed by atoms with Gasteiger partial charge in [-0.05, 0) is 11.1 Å². The minimum Gasteiger partial charge on any atom is -0.471 e. The SMILES string of the molecule is Nc1nc(OCc2ccc(CNC(=O)CCOCCOCCOCCOCCOCCOCCNC(=O)CCC(=O)NCCOCCOCCOCCOCCOCCP(=O)(O)O)cc2)c2[nH]cnc2n1. The summed E-state index contributed by atoms with van der Waals surface area (Å²) < 4.78 is 76.0. The third-order valence-electron chi connectivity index (χ3n) is 9.22. The van der Waals surface area contributed by atoms with Crippen LogP contribution in [0, 0.1) is 0 Å². The minimum atomic E-state index is -4.03. The molecule has 3 rings (SSSR count). The number of carbonyl (C=O) groups excluding carboxylic acids is 3. The van der Waals surface area contributed by atoms with E-state index in [1.54, 1.807) is 0 Å². The Kier molecular flexibility index (Phi) is 34.3. The Hall–Kier alpha value is -4.51. The lowest BCUT2D eigenvalue weighted by Gasteiger charge is -2.09. The number of nitrogens with one attached hydrogen (secondary N) is 4. The largest absolute Gasteiger partial charge is 0.471 e. The highest BCUT2D eigenvalue weighted by Gasteiger charge is 2.12. The van der Waals surface area contributed by atoms with Crippen molar-refractivity contribution in [3.8, 4) is 5.88 Å². The summed E-state index contributed by atoms with van der Waals surface area (Å²) in [5, 5.41) is 8.31. The van der Waals surface area contributed by atoms with Crippen LogP contribution >= 0.6 is 7.60 Å². The third-order valence-corrected chi connectivity index (χ3v) is 9.99. The van der Waals surface area contributed by atoms with Gasteiger partial charge in [0.2, 0.25) is 29.5 Å². The summed E-state index contributed by atoms with van der Waals surface area (Å²) in [5.74, 6) is -0.191. The molecule has 2 heterocycles. The van der Waals surface area contributed by atoms with Crippen LogP contribution in [0.5, 0.6) is 5.88 Å². The second-order valence-corrected chi connectivity index (χ2v) is 16.7. The average Bonchev–Trinajstić information content (AvgIpc) is 3.83. The number of anilines is 1. The van der Waals surface area contributed by atoms with E-state index < -0.39 is 7.60 Å². The predicted octanol–water partition coefficient (Wildman–Crippen LogP) is -0.107. The lowest BCUT2D eigenvalue weighted by molar-refractivity contribution is -0.126. The molecule has 71 heavy (non-hydrogen) atoms. The van der Waals surface area contributed by atoms with Crippen LogP contribution < -0.4 is 26.4 Å². The Balaban J connectivity index is 0.951. The molecular weight excluding hydrogens is 959 g/mol. The molecule has 0 aliphatic rings. The van der Waals surface area contributed by atoms with E-state index in [1.165, 1.54) is 6.33 Å². The smallest absolute Gasteiger partial charge is 0.327 e. The first kappa shape index (κ1) is 60.8. The van der Waals surface area contributed by atoms with Gasteiger partial charge in [0.05, 0.1) is 158 Å². The minimum absolute atomic E-state index is 0.0207. The Morgan fingerprint density at radius 2 is 0.915 bits per heavy atom. The lowest BCUT2D eigenvalue weighted by atomic mass is 10.1. The van der Waals surface area contributed by atoms with Crippen molar-refractivity contribution >= 4 is 42.4 Å². The molecule has 3 amide bonds. The highest BCUT2D eigenvalue weighted by atomic mass is 31.2. The van der Waals surface area contributed by atoms with Crippen molar-refractivity contribution in [2.24, 2.45) is 0 Å². The number of nitrogen functional groups attached to an aromatic ring is 1. The highest BCUT2D eigenvalue weighted by molar-refractivity contribution is 7.51. The zero-order valence-corrected chi connectivity index (χ0v) is 41.3. The molecule has 0 saturated heterocycles. The van der Waals surface area contributed by atoms with Crippen LogP contribution in [0.15, 0.2) is 30.6 Å². The molecule has 3 aromatic rings. The van der Waals surface area contributed by atoms with Crippen molar-refractivity contribution in [2.75, 3.05) is 170 Å². The number of fused-ring (bicyclic) bond motifs is 1. The summed E-state index contributed by atoms with van der Waals surface area (Å²) in [6.07, 6.45) is 1.55. The van der Waals surface area contributed by atoms with Gasteiger partial charge in [0.25, 0.3) is 0 Å². The molecular formula is C44H73N8O18P. The molecule has 8 N–H and O–H groups in total. The fourth-order valence-corrected chi connectivity index (χ4v) is 5.95. The molecule has 27 heteroatoms. The molecule has 0 bridgehead atoms. The molecule has 0 unspecified atom stereocenters. The maximum atomic E-state index is 12.2. The maximum Gasteiger partial charge on any atom is 0.327 e. The van der Waals surface area contributed by atoms with Crippen LogP contribution in [-0.2, 0) is 84.2 Å². The van der Waals surface area contributed by atoms with E-state index in [4.69, 9.17) is 72.4 Å². The molecule has 0 aliphatic heterocycles. The first-order valence-electron chi connectivity index (χ1n) is 23.5. The first-order chi connectivity index (χ1) is 34.6. The normalized spacial score (nSPS) is 11.6. The van der Waals surface area contributed by atoms with Crippen LogP contribution in [0.2, 0.25) is 0 Å². The summed E-state index contributed by atoms with van der Waals surface area (Å²) in [6.45, 7) is 8.98. The van der Waals surface area contributed by atoms with Crippen LogP contribution in [-0.4, -0.2) is 212 Å². The average molecular weight is 1030 g/mol. The van der Waals surface area contributed by atoms with E-state index in [2.05, 4.69) is 35.9 Å². The quantitative estimate of drug-likeness (QED) is 0.0287. The molecule has 2 aromatic heterocycles. The molecule has 0 radical (unpaired) electrons. The molecule has 0 fully saturated rings. The van der Waals surface area contributed by atoms with Gasteiger partial charge < -0.3 is 93.3 Å². The zero-order valence-electron chi connectivity index (χ0n) is 40.4. The third kappa shape index (κ3) is 33.7. The van der Waals surface area contributed by atoms with Crippen molar-refractivity contribution in [1.29, 1.82) is 0 Å². The number of H-pyrrole nitrogens is 1. The second kappa shape index (κ2) is 40.0. The molecule has 0 aliphatic carbocycles. The number of benzene rings is 1. The molecule has 26 nitrogen and oxygen atoms in total. The number of nitrogens with zero attached hydrogens (tertiary/aromatic N) is 3. The topological polar surface area (TPSA) is 336 Å². The van der Waals surface area contributed by atoms with Crippen molar-refractivity contribution in [2.45, 2.75) is 32.4 Å². The number of ether oxygens (including phenoxy) is 12. The number of rotatable bonds is 47. The van der Waals surface area contributed by atoms with E-state index in [1.807, 2.05) is 24.3 Å². The zero-order chi connectivity index (χ0) is 50.9. The second-order valence-electron chi connectivity index (χ2n) is 14.9. The van der Waals surface area contributed by atoms with Gasteiger partial charge >= 0.3 is 7.60 Å². The molecule has 0 atom stereocenters. The summed E-state index contributed by atoms with van der Waals surface area (Å²) >= 11 is 0. The standard InChI is InChI=1S/C44H73N8O18P/c45-44-51-42-41(49-35-50-42)43(52-44)70-34-37-3-1-36(2-4-37)33-48-40(55)7-10-59-13-16-62-19-22-65-25-26-66-23-20-63-17-14-60-11-8-46-38(53)5-6-39(54)47-9-12-61-15-18-64-21-24-67-27-28-68-29-30-69-31-32-71(56,57)58/h1-4,35H,5-34H2,(H,46,53)(H,47,54)(H,48,55)(H2,56,57,58)(H3,45,49,50,51,52). The van der Waals surface area contributed by atoms with Gasteiger partial charge in [-0.1, -0.05) is 24.3 Å². The lowest BCUT2D eigenvalue weighted by Crippen LogP contribution is -2.31. The van der Waals surface area contributed by atoms with Crippen molar-refractivity contribution in [3.05, 3.63) is 41.7 Å². The Bertz CT molecular complexity index is 1900. The van der Waals surface area contributed by atoms with Crippen molar-refractivity contribution in [1.82, 2.24) is 35.9 Å². The van der Waals surface area contributed by atoms with Gasteiger partial charge in [0, 0.05) is 38.9 Å². The number of imidazole rings is 1. The van der Waals surface area contributed by atoms with Crippen molar-refractivity contribution < 1.29 is 85.6 Å². The Labute approximate surface area is 413 Å². The van der Waals surface area contributed by atoms with E-state index in [9.17, 15) is 18.9 Å². The number of hydrogen-bond donors (Lipinski definition) is 7. The molecule has 402 valence electrons. The van der Waals surface area contributed by atoms with Gasteiger partial charge in [-0.2, -0.15) is 9.97 Å². The van der Waals surface area contributed by atoms with Gasteiger partial charge in [0.1, 0.15) is 12.1 Å². The molecule has 1 aromatic carbocycles. The van der Waals surface area contributed by atoms with Crippen LogP contribution in [0.25, 0.3) is 11.2 Å². The number of aromatic nitrogens is 4. The summed E-state index contributed by atoms with van der Waals surface area (Å²) in [7, 11) is -4.03. The van der Waals surface area contributed by atoms with E-state index in [0.29, 0.717) is 162 Å². The Morgan fingerprint density at radius 1 is 0.521 bits per heavy atom. The number of hydrogen-bond acceptors (Lipinski definition) is 20.